The van der Waals surface area contributed by atoms with Crippen molar-refractivity contribution in [1.29, 1.82) is 0 Å². The van der Waals surface area contributed by atoms with Crippen molar-refractivity contribution in [3.63, 3.8) is 0 Å². The minimum atomic E-state index is -0.495. The Morgan fingerprint density at radius 3 is 2.82 bits per heavy atom. The Balaban J connectivity index is 1.60. The number of hydrogen-bond acceptors (Lipinski definition) is 4. The van der Waals surface area contributed by atoms with E-state index >= 15 is 0 Å². The first-order valence-electron chi connectivity index (χ1n) is 7.64. The summed E-state index contributed by atoms with van der Waals surface area (Å²) >= 11 is 0. The second-order valence-electron chi connectivity index (χ2n) is 5.81. The van der Waals surface area contributed by atoms with Crippen molar-refractivity contribution in [3.8, 4) is 5.75 Å². The molecule has 0 atom stereocenters. The van der Waals surface area contributed by atoms with Crippen LogP contribution in [0.1, 0.15) is 48.9 Å². The van der Waals surface area contributed by atoms with Crippen molar-refractivity contribution in [1.82, 2.24) is 0 Å². The lowest BCUT2D eigenvalue weighted by Gasteiger charge is -2.18. The summed E-state index contributed by atoms with van der Waals surface area (Å²) in [6.07, 6.45) is 6.52. The number of benzene rings is 1. The van der Waals surface area contributed by atoms with Gasteiger partial charge in [-0.2, -0.15) is 0 Å². The molecule has 1 aliphatic heterocycles. The van der Waals surface area contributed by atoms with Gasteiger partial charge in [-0.25, -0.2) is 4.79 Å². The van der Waals surface area contributed by atoms with Crippen LogP contribution in [0, 0.1) is 5.92 Å². The van der Waals surface area contributed by atoms with Gasteiger partial charge in [0.2, 0.25) is 5.91 Å². The predicted octanol–water partition coefficient (Wildman–Crippen LogP) is 3.62. The molecule has 0 radical (unpaired) electrons. The van der Waals surface area contributed by atoms with E-state index in [9.17, 15) is 9.59 Å². The van der Waals surface area contributed by atoms with Crippen LogP contribution < -0.4 is 10.1 Å². The zero-order valence-corrected chi connectivity index (χ0v) is 12.4. The molecular formula is C17H19NO4. The summed E-state index contributed by atoms with van der Waals surface area (Å²) in [5.41, 5.74) is 0.939. The van der Waals surface area contributed by atoms with Crippen molar-refractivity contribution < 1.29 is 19.1 Å². The fourth-order valence-electron chi connectivity index (χ4n) is 3.01. The van der Waals surface area contributed by atoms with Crippen LogP contribution >= 0.6 is 0 Å². The van der Waals surface area contributed by atoms with E-state index in [1.807, 2.05) is 0 Å². The van der Waals surface area contributed by atoms with Gasteiger partial charge in [0.15, 0.2) is 0 Å². The van der Waals surface area contributed by atoms with Gasteiger partial charge in [0.25, 0.3) is 5.95 Å². The second kappa shape index (κ2) is 6.22. The minimum Gasteiger partial charge on any atom is -0.425 e. The van der Waals surface area contributed by atoms with Gasteiger partial charge in [-0.15, -0.1) is 0 Å². The number of carbonyl (C=O) groups excluding carboxylic acids is 2. The number of anilines is 1. The van der Waals surface area contributed by atoms with E-state index in [0.717, 1.165) is 6.42 Å². The Bertz CT molecular complexity index is 617. The van der Waals surface area contributed by atoms with E-state index in [4.69, 9.17) is 9.47 Å². The Labute approximate surface area is 129 Å². The number of fused-ring (bicyclic) bond motifs is 1. The molecule has 0 spiro atoms. The summed E-state index contributed by atoms with van der Waals surface area (Å²) in [4.78, 5) is 23.6. The van der Waals surface area contributed by atoms with Crippen molar-refractivity contribution in [2.24, 2.45) is 5.92 Å². The monoisotopic (exact) mass is 301 g/mol. The van der Waals surface area contributed by atoms with Crippen LogP contribution in [0.15, 0.2) is 30.7 Å². The van der Waals surface area contributed by atoms with Gasteiger partial charge in [0.1, 0.15) is 11.3 Å². The molecule has 5 heteroatoms. The zero-order chi connectivity index (χ0) is 15.5. The van der Waals surface area contributed by atoms with Crippen molar-refractivity contribution in [2.45, 2.75) is 38.5 Å². The Hall–Kier alpha value is -2.30. The number of cyclic esters (lactones) is 1. The molecule has 1 aromatic carbocycles. The largest absolute Gasteiger partial charge is 0.425 e. The molecule has 0 bridgehead atoms. The number of nitrogens with one attached hydrogen (secondary N) is 1. The number of carbonyl (C=O) groups is 2. The van der Waals surface area contributed by atoms with Crippen LogP contribution in [-0.2, 0) is 9.53 Å². The maximum atomic E-state index is 12.0. The number of ether oxygens (including phenoxy) is 2. The number of esters is 1. The highest BCUT2D eigenvalue weighted by molar-refractivity contribution is 5.96. The van der Waals surface area contributed by atoms with E-state index in [1.54, 1.807) is 18.2 Å². The lowest BCUT2D eigenvalue weighted by atomic mass is 10.0. The molecule has 5 nitrogen and oxygen atoms in total. The van der Waals surface area contributed by atoms with Crippen LogP contribution in [-0.4, -0.2) is 11.9 Å². The molecule has 0 unspecified atom stereocenters. The molecule has 0 saturated heterocycles. The highest BCUT2D eigenvalue weighted by atomic mass is 16.7. The lowest BCUT2D eigenvalue weighted by Crippen LogP contribution is -2.17. The van der Waals surface area contributed by atoms with E-state index in [0.29, 0.717) is 29.3 Å². The van der Waals surface area contributed by atoms with Crippen LogP contribution in [0.4, 0.5) is 5.69 Å². The minimum absolute atomic E-state index is 0.0101. The van der Waals surface area contributed by atoms with Gasteiger partial charge < -0.3 is 14.8 Å². The molecule has 1 saturated carbocycles. The fourth-order valence-corrected chi connectivity index (χ4v) is 3.01. The lowest BCUT2D eigenvalue weighted by molar-refractivity contribution is -0.116. The third-order valence-corrected chi connectivity index (χ3v) is 4.17. The molecule has 2 aliphatic rings. The third kappa shape index (κ3) is 3.30. The highest BCUT2D eigenvalue weighted by Gasteiger charge is 2.23. The van der Waals surface area contributed by atoms with Crippen molar-refractivity contribution in [3.05, 3.63) is 36.3 Å². The van der Waals surface area contributed by atoms with Crippen LogP contribution in [0.25, 0.3) is 0 Å². The molecular weight excluding hydrogens is 282 g/mol. The van der Waals surface area contributed by atoms with E-state index in [1.165, 1.54) is 25.7 Å². The topological polar surface area (TPSA) is 64.6 Å². The summed E-state index contributed by atoms with van der Waals surface area (Å²) < 4.78 is 10.1. The molecule has 1 aromatic rings. The second-order valence-corrected chi connectivity index (χ2v) is 5.81. The molecule has 1 amide bonds. The normalized spacial score (nSPS) is 17.6. The van der Waals surface area contributed by atoms with Crippen LogP contribution in [0.2, 0.25) is 0 Å². The SMILES string of the molecule is C=C1OC(=O)c2ccc(NC(=O)CCC3CCCC3)cc2O1. The van der Waals surface area contributed by atoms with Gasteiger partial charge >= 0.3 is 5.97 Å². The standard InChI is InChI=1S/C17H19NO4/c1-11-21-15-10-13(7-8-14(15)17(20)22-11)18-16(19)9-6-12-4-2-3-5-12/h7-8,10,12H,1-6,9H2,(H,18,19). The van der Waals surface area contributed by atoms with Crippen LogP contribution in [0.3, 0.4) is 0 Å². The molecule has 1 N–H and O–H groups in total. The van der Waals surface area contributed by atoms with Crippen molar-refractivity contribution >= 4 is 17.6 Å². The van der Waals surface area contributed by atoms with Gasteiger partial charge in [-0.05, 0) is 31.1 Å². The van der Waals surface area contributed by atoms with E-state index in [2.05, 4.69) is 11.9 Å². The third-order valence-electron chi connectivity index (χ3n) is 4.17. The summed E-state index contributed by atoms with van der Waals surface area (Å²) in [5.74, 6) is 0.488. The maximum Gasteiger partial charge on any atom is 0.349 e. The first kappa shape index (κ1) is 14.6. The van der Waals surface area contributed by atoms with Crippen molar-refractivity contribution in [2.75, 3.05) is 5.32 Å². The summed E-state index contributed by atoms with van der Waals surface area (Å²) in [6.45, 7) is 3.47. The Morgan fingerprint density at radius 2 is 2.05 bits per heavy atom. The summed E-state index contributed by atoms with van der Waals surface area (Å²) in [7, 11) is 0. The smallest absolute Gasteiger partial charge is 0.349 e. The summed E-state index contributed by atoms with van der Waals surface area (Å²) in [6, 6.07) is 4.87. The quantitative estimate of drug-likeness (QED) is 0.863. The van der Waals surface area contributed by atoms with E-state index in [-0.39, 0.29) is 11.9 Å². The average molecular weight is 301 g/mol. The zero-order valence-electron chi connectivity index (χ0n) is 12.4. The van der Waals surface area contributed by atoms with Gasteiger partial charge in [-0.1, -0.05) is 25.7 Å². The number of amides is 1. The molecule has 1 heterocycles. The Kier molecular flexibility index (Phi) is 4.13. The first-order chi connectivity index (χ1) is 10.6. The average Bonchev–Trinajstić information content (AvgIpc) is 2.98. The van der Waals surface area contributed by atoms with Crippen LogP contribution in [0.5, 0.6) is 5.75 Å². The summed E-state index contributed by atoms with van der Waals surface area (Å²) in [5, 5.41) is 2.84. The Morgan fingerprint density at radius 1 is 1.27 bits per heavy atom. The van der Waals surface area contributed by atoms with Gasteiger partial charge in [-0.3, -0.25) is 4.79 Å². The number of rotatable bonds is 4. The number of hydrogen-bond donors (Lipinski definition) is 1. The van der Waals surface area contributed by atoms with Gasteiger partial charge in [0, 0.05) is 18.2 Å². The molecule has 22 heavy (non-hydrogen) atoms. The maximum absolute atomic E-state index is 12.0. The van der Waals surface area contributed by atoms with E-state index < -0.39 is 5.97 Å². The molecule has 0 aromatic heterocycles. The first-order valence-corrected chi connectivity index (χ1v) is 7.64. The highest BCUT2D eigenvalue weighted by Crippen LogP contribution is 2.31. The molecule has 1 fully saturated rings. The van der Waals surface area contributed by atoms with Gasteiger partial charge in [0.05, 0.1) is 0 Å². The molecule has 1 aliphatic carbocycles. The fraction of sp³-hybridized carbons (Fsp3) is 0.412. The predicted molar refractivity (Wildman–Crippen MR) is 81.4 cm³/mol. The molecule has 116 valence electrons. The molecule has 3 rings (SSSR count).